The summed E-state index contributed by atoms with van der Waals surface area (Å²) in [5.74, 6) is -2.07. The molecule has 106 valence electrons. The molecule has 7 nitrogen and oxygen atoms in total. The lowest BCUT2D eigenvalue weighted by molar-refractivity contribution is -0.154. The molecule has 1 aromatic carbocycles. The van der Waals surface area contributed by atoms with Crippen molar-refractivity contribution in [3.63, 3.8) is 0 Å². The monoisotopic (exact) mass is 278 g/mol. The number of nitrogens with two attached hydrogens (primary N) is 1. The van der Waals surface area contributed by atoms with Gasteiger partial charge in [0.05, 0.1) is 13.2 Å². The van der Waals surface area contributed by atoms with Crippen LogP contribution >= 0.6 is 0 Å². The SMILES string of the molecule is NC(=O)c1cccc(C(=O)N2CCOC(C(=O)O)C2)c1. The van der Waals surface area contributed by atoms with Crippen molar-refractivity contribution in [1.29, 1.82) is 0 Å². The highest BCUT2D eigenvalue weighted by molar-refractivity contribution is 5.99. The first kappa shape index (κ1) is 14.0. The van der Waals surface area contributed by atoms with Crippen LogP contribution in [0, 0.1) is 0 Å². The molecule has 3 N–H and O–H groups in total. The summed E-state index contributed by atoms with van der Waals surface area (Å²) in [5, 5.41) is 8.90. The van der Waals surface area contributed by atoms with Gasteiger partial charge in [-0.3, -0.25) is 9.59 Å². The number of rotatable bonds is 3. The highest BCUT2D eigenvalue weighted by atomic mass is 16.5. The molecular formula is C13H14N2O5. The van der Waals surface area contributed by atoms with Crippen LogP contribution in [0.4, 0.5) is 0 Å². The number of hydrogen-bond donors (Lipinski definition) is 2. The minimum absolute atomic E-state index is 0.0189. The van der Waals surface area contributed by atoms with Crippen molar-refractivity contribution in [1.82, 2.24) is 4.90 Å². The molecule has 0 spiro atoms. The Kier molecular flexibility index (Phi) is 3.99. The van der Waals surface area contributed by atoms with Crippen LogP contribution in [0.15, 0.2) is 24.3 Å². The molecule has 1 fully saturated rings. The van der Waals surface area contributed by atoms with Crippen LogP contribution in [0.25, 0.3) is 0 Å². The molecule has 20 heavy (non-hydrogen) atoms. The largest absolute Gasteiger partial charge is 0.479 e. The van der Waals surface area contributed by atoms with Gasteiger partial charge in [0.15, 0.2) is 6.10 Å². The van der Waals surface area contributed by atoms with Gasteiger partial charge in [-0.25, -0.2) is 4.79 Å². The summed E-state index contributed by atoms with van der Waals surface area (Å²) in [5.41, 5.74) is 5.70. The Morgan fingerprint density at radius 3 is 2.65 bits per heavy atom. The van der Waals surface area contributed by atoms with Gasteiger partial charge in [0.1, 0.15) is 0 Å². The number of carboxylic acids is 1. The van der Waals surface area contributed by atoms with E-state index >= 15 is 0 Å². The number of aliphatic carboxylic acids is 1. The lowest BCUT2D eigenvalue weighted by Crippen LogP contribution is -2.48. The fourth-order valence-electron chi connectivity index (χ4n) is 1.97. The maximum absolute atomic E-state index is 12.3. The van der Waals surface area contributed by atoms with E-state index in [0.717, 1.165) is 0 Å². The molecule has 1 saturated heterocycles. The maximum atomic E-state index is 12.3. The van der Waals surface area contributed by atoms with Crippen molar-refractivity contribution in [3.05, 3.63) is 35.4 Å². The minimum atomic E-state index is -1.10. The molecule has 1 heterocycles. The van der Waals surface area contributed by atoms with E-state index in [1.165, 1.54) is 17.0 Å². The molecule has 0 radical (unpaired) electrons. The normalized spacial score (nSPS) is 18.6. The zero-order chi connectivity index (χ0) is 14.7. The number of carbonyl (C=O) groups is 3. The summed E-state index contributed by atoms with van der Waals surface area (Å²) < 4.78 is 5.05. The van der Waals surface area contributed by atoms with Crippen LogP contribution in [0.5, 0.6) is 0 Å². The summed E-state index contributed by atoms with van der Waals surface area (Å²) in [6.45, 7) is 0.455. The van der Waals surface area contributed by atoms with E-state index in [-0.39, 0.29) is 24.6 Å². The van der Waals surface area contributed by atoms with Crippen molar-refractivity contribution in [2.75, 3.05) is 19.7 Å². The fourth-order valence-corrected chi connectivity index (χ4v) is 1.97. The van der Waals surface area contributed by atoms with Crippen LogP contribution in [0.2, 0.25) is 0 Å². The van der Waals surface area contributed by atoms with Gasteiger partial charge in [0, 0.05) is 17.7 Å². The van der Waals surface area contributed by atoms with Crippen molar-refractivity contribution in [3.8, 4) is 0 Å². The number of hydrogen-bond acceptors (Lipinski definition) is 4. The number of primary amides is 1. The van der Waals surface area contributed by atoms with E-state index in [1.807, 2.05) is 0 Å². The lowest BCUT2D eigenvalue weighted by atomic mass is 10.1. The second-order valence-electron chi connectivity index (χ2n) is 4.39. The third-order valence-corrected chi connectivity index (χ3v) is 3.02. The van der Waals surface area contributed by atoms with Gasteiger partial charge in [0.2, 0.25) is 5.91 Å². The highest BCUT2D eigenvalue weighted by Gasteiger charge is 2.29. The molecule has 2 rings (SSSR count). The zero-order valence-electron chi connectivity index (χ0n) is 10.6. The second kappa shape index (κ2) is 5.70. The Morgan fingerprint density at radius 1 is 1.30 bits per heavy atom. The molecule has 0 saturated carbocycles. The molecule has 1 aliphatic heterocycles. The predicted molar refractivity (Wildman–Crippen MR) is 68.2 cm³/mol. The summed E-state index contributed by atoms with van der Waals surface area (Å²) in [4.78, 5) is 35.6. The van der Waals surface area contributed by atoms with Crippen LogP contribution in [-0.2, 0) is 9.53 Å². The van der Waals surface area contributed by atoms with Gasteiger partial charge in [-0.15, -0.1) is 0 Å². The van der Waals surface area contributed by atoms with E-state index in [9.17, 15) is 14.4 Å². The Morgan fingerprint density at radius 2 is 2.00 bits per heavy atom. The molecule has 0 aliphatic carbocycles. The third-order valence-electron chi connectivity index (χ3n) is 3.02. The van der Waals surface area contributed by atoms with Crippen molar-refractivity contribution in [2.45, 2.75) is 6.10 Å². The van der Waals surface area contributed by atoms with Crippen LogP contribution in [-0.4, -0.2) is 53.6 Å². The van der Waals surface area contributed by atoms with Crippen LogP contribution in [0.3, 0.4) is 0 Å². The summed E-state index contributed by atoms with van der Waals surface area (Å²) >= 11 is 0. The van der Waals surface area contributed by atoms with Gasteiger partial charge in [0.25, 0.3) is 5.91 Å². The topological polar surface area (TPSA) is 110 Å². The van der Waals surface area contributed by atoms with Gasteiger partial charge < -0.3 is 20.5 Å². The maximum Gasteiger partial charge on any atom is 0.334 e. The smallest absolute Gasteiger partial charge is 0.334 e. The molecular weight excluding hydrogens is 264 g/mol. The van der Waals surface area contributed by atoms with Crippen LogP contribution < -0.4 is 5.73 Å². The van der Waals surface area contributed by atoms with Crippen molar-refractivity contribution < 1.29 is 24.2 Å². The first-order valence-corrected chi connectivity index (χ1v) is 6.02. The number of carbonyl (C=O) groups excluding carboxylic acids is 2. The molecule has 1 aromatic rings. The standard InChI is InChI=1S/C13H14N2O5/c14-11(16)8-2-1-3-9(6-8)12(17)15-4-5-20-10(7-15)13(18)19/h1-3,6,10H,4-5,7H2,(H2,14,16)(H,18,19). The molecule has 0 bridgehead atoms. The Bertz CT molecular complexity index is 557. The number of nitrogens with zero attached hydrogens (tertiary/aromatic N) is 1. The third kappa shape index (κ3) is 2.94. The summed E-state index contributed by atoms with van der Waals surface area (Å²) in [6.07, 6.45) is -1.02. The number of ether oxygens (including phenoxy) is 1. The number of morpholine rings is 1. The van der Waals surface area contributed by atoms with Gasteiger partial charge in [-0.1, -0.05) is 6.07 Å². The summed E-state index contributed by atoms with van der Waals surface area (Å²) in [7, 11) is 0. The van der Waals surface area contributed by atoms with Crippen LogP contribution in [0.1, 0.15) is 20.7 Å². The zero-order valence-corrected chi connectivity index (χ0v) is 10.6. The first-order valence-electron chi connectivity index (χ1n) is 6.02. The molecule has 1 unspecified atom stereocenters. The molecule has 7 heteroatoms. The van der Waals surface area contributed by atoms with E-state index in [4.69, 9.17) is 15.6 Å². The molecule has 1 atom stereocenters. The molecule has 1 aliphatic rings. The molecule has 2 amide bonds. The van der Waals surface area contributed by atoms with Gasteiger partial charge in [-0.05, 0) is 18.2 Å². The van der Waals surface area contributed by atoms with E-state index in [2.05, 4.69) is 0 Å². The Hall–Kier alpha value is -2.41. The van der Waals surface area contributed by atoms with Gasteiger partial charge >= 0.3 is 5.97 Å². The number of carboxylic acid groups (broad SMARTS) is 1. The van der Waals surface area contributed by atoms with Crippen molar-refractivity contribution >= 4 is 17.8 Å². The second-order valence-corrected chi connectivity index (χ2v) is 4.39. The Labute approximate surface area is 114 Å². The minimum Gasteiger partial charge on any atom is -0.479 e. The average Bonchev–Trinajstić information content (AvgIpc) is 2.46. The number of amides is 2. The summed E-state index contributed by atoms with van der Waals surface area (Å²) in [6, 6.07) is 6.02. The van der Waals surface area contributed by atoms with E-state index in [1.54, 1.807) is 12.1 Å². The van der Waals surface area contributed by atoms with Gasteiger partial charge in [-0.2, -0.15) is 0 Å². The van der Waals surface area contributed by atoms with E-state index < -0.39 is 18.0 Å². The number of benzene rings is 1. The molecule has 0 aromatic heterocycles. The fraction of sp³-hybridized carbons (Fsp3) is 0.308. The lowest BCUT2D eigenvalue weighted by Gasteiger charge is -2.31. The van der Waals surface area contributed by atoms with E-state index in [0.29, 0.717) is 12.1 Å². The average molecular weight is 278 g/mol. The highest BCUT2D eigenvalue weighted by Crippen LogP contribution is 2.12. The van der Waals surface area contributed by atoms with Crippen molar-refractivity contribution in [2.24, 2.45) is 5.73 Å². The predicted octanol–water partition coefficient (Wildman–Crippen LogP) is -0.289. The quantitative estimate of drug-likeness (QED) is 0.789. The first-order chi connectivity index (χ1) is 9.49. The Balaban J connectivity index is 2.16.